The zero-order valence-electron chi connectivity index (χ0n) is 14.2. The van der Waals surface area contributed by atoms with E-state index in [-0.39, 0.29) is 17.2 Å². The lowest BCUT2D eigenvalue weighted by Crippen LogP contribution is -2.14. The number of benzene rings is 1. The fourth-order valence-corrected chi connectivity index (χ4v) is 3.05. The first-order chi connectivity index (χ1) is 13.1. The number of thioether (sulfide) groups is 1. The zero-order chi connectivity index (χ0) is 19.2. The van der Waals surface area contributed by atoms with Crippen LogP contribution in [0.25, 0.3) is 11.6 Å². The summed E-state index contributed by atoms with van der Waals surface area (Å²) < 4.78 is 7.17. The lowest BCUT2D eigenvalue weighted by atomic mass is 10.2. The van der Waals surface area contributed by atoms with Gasteiger partial charge in [0.2, 0.25) is 11.7 Å². The second-order valence-electron chi connectivity index (χ2n) is 5.40. The van der Waals surface area contributed by atoms with Gasteiger partial charge in [-0.05, 0) is 36.4 Å². The maximum Gasteiger partial charge on any atom is 0.335 e. The van der Waals surface area contributed by atoms with Crippen molar-refractivity contribution in [1.82, 2.24) is 14.8 Å². The second-order valence-corrected chi connectivity index (χ2v) is 6.34. The summed E-state index contributed by atoms with van der Waals surface area (Å²) in [6.45, 7) is 4.21. The number of aromatic carboxylic acids is 1. The maximum absolute atomic E-state index is 12.2. The van der Waals surface area contributed by atoms with E-state index in [0.717, 1.165) is 0 Å². The molecule has 2 aromatic heterocycles. The molecular weight excluding hydrogens is 368 g/mol. The Morgan fingerprint density at radius 1 is 1.26 bits per heavy atom. The summed E-state index contributed by atoms with van der Waals surface area (Å²) >= 11 is 1.23. The number of anilines is 1. The van der Waals surface area contributed by atoms with Crippen molar-refractivity contribution in [2.75, 3.05) is 11.1 Å². The Hall–Kier alpha value is -3.33. The van der Waals surface area contributed by atoms with Crippen LogP contribution in [0.15, 0.2) is 64.9 Å². The first kappa shape index (κ1) is 18.5. The number of furan rings is 1. The van der Waals surface area contributed by atoms with Gasteiger partial charge in [-0.15, -0.1) is 16.8 Å². The van der Waals surface area contributed by atoms with Crippen molar-refractivity contribution in [2.45, 2.75) is 11.7 Å². The van der Waals surface area contributed by atoms with E-state index < -0.39 is 5.97 Å². The number of carbonyl (C=O) groups is 2. The minimum absolute atomic E-state index is 0.119. The van der Waals surface area contributed by atoms with E-state index in [1.807, 2.05) is 4.57 Å². The Labute approximate surface area is 158 Å². The van der Waals surface area contributed by atoms with Crippen molar-refractivity contribution in [3.05, 3.63) is 60.9 Å². The molecule has 2 heterocycles. The van der Waals surface area contributed by atoms with Gasteiger partial charge in [0.1, 0.15) is 0 Å². The quantitative estimate of drug-likeness (QED) is 0.453. The van der Waals surface area contributed by atoms with Crippen molar-refractivity contribution in [3.63, 3.8) is 0 Å². The van der Waals surface area contributed by atoms with Gasteiger partial charge in [0.05, 0.1) is 17.6 Å². The van der Waals surface area contributed by atoms with E-state index in [4.69, 9.17) is 9.52 Å². The van der Waals surface area contributed by atoms with Crippen LogP contribution in [-0.4, -0.2) is 37.5 Å². The van der Waals surface area contributed by atoms with Crippen molar-refractivity contribution >= 4 is 29.3 Å². The molecule has 1 aromatic carbocycles. The Balaban J connectivity index is 1.64. The summed E-state index contributed by atoms with van der Waals surface area (Å²) in [5, 5.41) is 20.4. The summed E-state index contributed by atoms with van der Waals surface area (Å²) in [4.78, 5) is 23.0. The van der Waals surface area contributed by atoms with E-state index in [1.165, 1.54) is 23.9 Å². The van der Waals surface area contributed by atoms with Crippen LogP contribution in [0.4, 0.5) is 5.69 Å². The molecule has 9 heteroatoms. The van der Waals surface area contributed by atoms with E-state index in [2.05, 4.69) is 22.1 Å². The average molecular weight is 384 g/mol. The van der Waals surface area contributed by atoms with E-state index in [0.29, 0.717) is 29.0 Å². The van der Waals surface area contributed by atoms with Crippen molar-refractivity contribution < 1.29 is 19.1 Å². The number of nitrogens with zero attached hydrogens (tertiary/aromatic N) is 3. The molecule has 3 aromatic rings. The SMILES string of the molecule is C=CCn1c(SCC(=O)Nc2ccc(C(=O)O)cc2)nnc1-c1ccco1. The Morgan fingerprint density at radius 2 is 2.04 bits per heavy atom. The lowest BCUT2D eigenvalue weighted by Gasteiger charge is -2.07. The summed E-state index contributed by atoms with van der Waals surface area (Å²) in [7, 11) is 0. The van der Waals surface area contributed by atoms with Crippen LogP contribution in [0.5, 0.6) is 0 Å². The van der Waals surface area contributed by atoms with Gasteiger partial charge in [-0.25, -0.2) is 4.79 Å². The number of aromatic nitrogens is 3. The van der Waals surface area contributed by atoms with Gasteiger partial charge in [-0.1, -0.05) is 17.8 Å². The first-order valence-corrected chi connectivity index (χ1v) is 8.91. The molecule has 0 aliphatic rings. The molecule has 0 atom stereocenters. The van der Waals surface area contributed by atoms with Crippen LogP contribution in [0.1, 0.15) is 10.4 Å². The van der Waals surface area contributed by atoms with Crippen LogP contribution in [0.3, 0.4) is 0 Å². The number of nitrogens with one attached hydrogen (secondary N) is 1. The number of amides is 1. The summed E-state index contributed by atoms with van der Waals surface area (Å²) in [5.74, 6) is 0.00746. The molecule has 138 valence electrons. The Kier molecular flexibility index (Phi) is 5.72. The van der Waals surface area contributed by atoms with Gasteiger partial charge in [0.25, 0.3) is 0 Å². The third-order valence-corrected chi connectivity index (χ3v) is 4.48. The predicted octanol–water partition coefficient (Wildman–Crippen LogP) is 3.15. The molecule has 0 saturated heterocycles. The standard InChI is InChI=1S/C18H16N4O4S/c1-2-9-22-16(14-4-3-10-26-14)20-21-18(22)27-11-15(23)19-13-7-5-12(6-8-13)17(24)25/h2-8,10H,1,9,11H2,(H,19,23)(H,24,25). The number of hydrogen-bond acceptors (Lipinski definition) is 6. The highest BCUT2D eigenvalue weighted by Crippen LogP contribution is 2.24. The second kappa shape index (κ2) is 8.37. The first-order valence-electron chi connectivity index (χ1n) is 7.92. The topological polar surface area (TPSA) is 110 Å². The maximum atomic E-state index is 12.2. The molecule has 3 rings (SSSR count). The molecule has 0 saturated carbocycles. The molecule has 27 heavy (non-hydrogen) atoms. The molecular formula is C18H16N4O4S. The average Bonchev–Trinajstić information content (AvgIpc) is 3.30. The third-order valence-electron chi connectivity index (χ3n) is 3.52. The Bertz CT molecular complexity index is 948. The smallest absolute Gasteiger partial charge is 0.335 e. The minimum Gasteiger partial charge on any atom is -0.478 e. The van der Waals surface area contributed by atoms with Crippen LogP contribution in [0.2, 0.25) is 0 Å². The summed E-state index contributed by atoms with van der Waals surface area (Å²) in [5.41, 5.74) is 0.680. The number of carboxylic acids is 1. The van der Waals surface area contributed by atoms with Crippen LogP contribution in [0, 0.1) is 0 Å². The van der Waals surface area contributed by atoms with Gasteiger partial charge >= 0.3 is 5.97 Å². The van der Waals surface area contributed by atoms with Gasteiger partial charge in [0, 0.05) is 12.2 Å². The molecule has 0 unspecified atom stereocenters. The molecule has 0 aliphatic heterocycles. The monoisotopic (exact) mass is 384 g/mol. The van der Waals surface area contributed by atoms with Crippen molar-refractivity contribution in [3.8, 4) is 11.6 Å². The zero-order valence-corrected chi connectivity index (χ0v) is 15.0. The molecule has 2 N–H and O–H groups in total. The highest BCUT2D eigenvalue weighted by molar-refractivity contribution is 7.99. The minimum atomic E-state index is -1.02. The fraction of sp³-hybridized carbons (Fsp3) is 0.111. The van der Waals surface area contributed by atoms with Crippen LogP contribution >= 0.6 is 11.8 Å². The predicted molar refractivity (Wildman–Crippen MR) is 101 cm³/mol. The highest BCUT2D eigenvalue weighted by Gasteiger charge is 2.16. The molecule has 0 bridgehead atoms. The fourth-order valence-electron chi connectivity index (χ4n) is 2.30. The molecule has 1 amide bonds. The van der Waals surface area contributed by atoms with E-state index >= 15 is 0 Å². The van der Waals surface area contributed by atoms with Crippen molar-refractivity contribution in [2.24, 2.45) is 0 Å². The third kappa shape index (κ3) is 4.45. The number of carbonyl (C=O) groups excluding carboxylic acids is 1. The number of rotatable bonds is 8. The number of hydrogen-bond donors (Lipinski definition) is 2. The molecule has 8 nitrogen and oxygen atoms in total. The molecule has 0 aliphatic carbocycles. The molecule has 0 radical (unpaired) electrons. The summed E-state index contributed by atoms with van der Waals surface area (Å²) in [6.07, 6.45) is 3.27. The molecule has 0 fully saturated rings. The largest absolute Gasteiger partial charge is 0.478 e. The number of allylic oxidation sites excluding steroid dienone is 1. The van der Waals surface area contributed by atoms with Gasteiger partial charge < -0.3 is 14.8 Å². The van der Waals surface area contributed by atoms with E-state index in [9.17, 15) is 9.59 Å². The highest BCUT2D eigenvalue weighted by atomic mass is 32.2. The normalized spacial score (nSPS) is 10.5. The summed E-state index contributed by atoms with van der Waals surface area (Å²) in [6, 6.07) is 9.50. The van der Waals surface area contributed by atoms with Crippen molar-refractivity contribution in [1.29, 1.82) is 0 Å². The lowest BCUT2D eigenvalue weighted by molar-refractivity contribution is -0.113. The van der Waals surface area contributed by atoms with Gasteiger partial charge in [-0.3, -0.25) is 9.36 Å². The van der Waals surface area contributed by atoms with Crippen LogP contribution < -0.4 is 5.32 Å². The van der Waals surface area contributed by atoms with Gasteiger partial charge in [-0.2, -0.15) is 0 Å². The van der Waals surface area contributed by atoms with Crippen LogP contribution in [-0.2, 0) is 11.3 Å². The number of carboxylic acid groups (broad SMARTS) is 1. The Morgan fingerprint density at radius 3 is 2.67 bits per heavy atom. The van der Waals surface area contributed by atoms with Gasteiger partial charge in [0.15, 0.2) is 10.9 Å². The van der Waals surface area contributed by atoms with E-state index in [1.54, 1.807) is 36.6 Å². The molecule has 0 spiro atoms.